The van der Waals surface area contributed by atoms with Crippen molar-refractivity contribution in [2.75, 3.05) is 0 Å². The predicted molar refractivity (Wildman–Crippen MR) is 61.8 cm³/mol. The number of nitrogens with zero attached hydrogens (tertiary/aromatic N) is 1. The summed E-state index contributed by atoms with van der Waals surface area (Å²) in [6, 6.07) is 6.69. The van der Waals surface area contributed by atoms with Gasteiger partial charge in [-0.25, -0.2) is 0 Å². The van der Waals surface area contributed by atoms with E-state index >= 15 is 0 Å². The van der Waals surface area contributed by atoms with Crippen LogP contribution in [0.15, 0.2) is 24.3 Å². The molecule has 0 aromatic heterocycles. The van der Waals surface area contributed by atoms with Crippen LogP contribution in [-0.2, 0) is 0 Å². The molecule has 2 rings (SSSR count). The van der Waals surface area contributed by atoms with Gasteiger partial charge in [-0.3, -0.25) is 9.72 Å². The third-order valence-electron chi connectivity index (χ3n) is 1.47. The highest BCUT2D eigenvalue weighted by Gasteiger charge is 2.10. The second kappa shape index (κ2) is 5.18. The van der Waals surface area contributed by atoms with Crippen molar-refractivity contribution in [1.29, 1.82) is 0 Å². The van der Waals surface area contributed by atoms with E-state index in [4.69, 9.17) is 9.94 Å². The van der Waals surface area contributed by atoms with Gasteiger partial charge in [0.1, 0.15) is 11.5 Å². The molecule has 14 heavy (non-hydrogen) atoms. The Bertz CT molecular complexity index is 291. The first-order valence-electron chi connectivity index (χ1n) is 3.88. The van der Waals surface area contributed by atoms with Crippen molar-refractivity contribution < 1.29 is 9.94 Å². The Morgan fingerprint density at radius 2 is 1.79 bits per heavy atom. The number of benzene rings is 1. The molecule has 1 heterocycles. The molecule has 76 valence electrons. The summed E-state index contributed by atoms with van der Waals surface area (Å²) in [6.45, 7) is 0. The van der Waals surface area contributed by atoms with Gasteiger partial charge in [-0.15, -0.1) is 0 Å². The maximum atomic E-state index is 9.07. The summed E-state index contributed by atoms with van der Waals surface area (Å²) in [7, 11) is 1.56. The standard InChI is InChI=1S/C6H10N3O2P3/c10-5-1-3-6(4-2-5)11-9-13-7-12-8-14-9/h1-4,7-8,10,12-14H. The van der Waals surface area contributed by atoms with E-state index in [-0.39, 0.29) is 5.75 Å². The van der Waals surface area contributed by atoms with E-state index in [0.717, 1.165) is 5.75 Å². The third-order valence-corrected chi connectivity index (χ3v) is 4.63. The highest BCUT2D eigenvalue weighted by atomic mass is 31.2. The monoisotopic (exact) mass is 249 g/mol. The van der Waals surface area contributed by atoms with Crippen LogP contribution < -0.4 is 14.6 Å². The van der Waals surface area contributed by atoms with Crippen LogP contribution in [0.5, 0.6) is 11.5 Å². The minimum absolute atomic E-state index is 0.249. The summed E-state index contributed by atoms with van der Waals surface area (Å²) in [5, 5.41) is 9.07. The van der Waals surface area contributed by atoms with E-state index in [2.05, 4.69) is 9.72 Å². The zero-order valence-electron chi connectivity index (χ0n) is 7.11. The molecule has 0 saturated carbocycles. The molecular formula is C6H10N3O2P3. The quantitative estimate of drug-likeness (QED) is 0.696. The Morgan fingerprint density at radius 1 is 1.14 bits per heavy atom. The van der Waals surface area contributed by atoms with Gasteiger partial charge in [0.15, 0.2) is 0 Å². The van der Waals surface area contributed by atoms with E-state index < -0.39 is 0 Å². The van der Waals surface area contributed by atoms with Crippen molar-refractivity contribution in [3.05, 3.63) is 24.3 Å². The summed E-state index contributed by atoms with van der Waals surface area (Å²) >= 11 is 0. The summed E-state index contributed by atoms with van der Waals surface area (Å²) in [4.78, 5) is 11.9. The first-order chi connectivity index (χ1) is 6.84. The van der Waals surface area contributed by atoms with Gasteiger partial charge in [0.25, 0.3) is 0 Å². The molecule has 0 aliphatic carbocycles. The van der Waals surface area contributed by atoms with Crippen molar-refractivity contribution in [3.63, 3.8) is 0 Å². The number of hydrogen-bond donors (Lipinski definition) is 3. The molecule has 0 radical (unpaired) electrons. The van der Waals surface area contributed by atoms with E-state index in [9.17, 15) is 0 Å². The molecule has 2 unspecified atom stereocenters. The van der Waals surface area contributed by atoms with Gasteiger partial charge < -0.3 is 9.94 Å². The van der Waals surface area contributed by atoms with Crippen LogP contribution in [0, 0.1) is 0 Å². The van der Waals surface area contributed by atoms with Gasteiger partial charge in [0.05, 0.1) is 17.8 Å². The van der Waals surface area contributed by atoms with Crippen LogP contribution in [0.2, 0.25) is 0 Å². The van der Waals surface area contributed by atoms with Crippen LogP contribution in [-0.4, -0.2) is 9.71 Å². The average Bonchev–Trinajstić information content (AvgIpc) is 2.23. The lowest BCUT2D eigenvalue weighted by atomic mass is 10.3. The lowest BCUT2D eigenvalue weighted by Crippen LogP contribution is -2.19. The maximum Gasteiger partial charge on any atom is 0.148 e. The number of rotatable bonds is 2. The number of phenolic OH excluding ortho intramolecular Hbond substituents is 1. The van der Waals surface area contributed by atoms with Gasteiger partial charge in [0, 0.05) is 8.88 Å². The number of phenols is 1. The zero-order chi connectivity index (χ0) is 9.80. The molecular weight excluding hydrogens is 239 g/mol. The predicted octanol–water partition coefficient (Wildman–Crippen LogP) is 1.71. The molecule has 1 fully saturated rings. The Balaban J connectivity index is 1.92. The second-order valence-corrected chi connectivity index (χ2v) is 6.43. The largest absolute Gasteiger partial charge is 0.508 e. The molecule has 1 saturated heterocycles. The average molecular weight is 249 g/mol. The minimum atomic E-state index is 0.249. The Hall–Kier alpha value is -0.0100. The number of nitrogens with one attached hydrogen (secondary N) is 2. The van der Waals surface area contributed by atoms with Gasteiger partial charge in [-0.2, -0.15) is 0 Å². The lowest BCUT2D eigenvalue weighted by molar-refractivity contribution is 0.146. The number of aromatic hydroxyl groups is 1. The highest BCUT2D eigenvalue weighted by Crippen LogP contribution is 2.37. The van der Waals surface area contributed by atoms with Crippen LogP contribution in [0.1, 0.15) is 0 Å². The summed E-state index contributed by atoms with van der Waals surface area (Å²) < 4.78 is 1.82. The molecule has 1 aromatic carbocycles. The number of hydrogen-bond acceptors (Lipinski definition) is 5. The SMILES string of the molecule is Oc1ccc(ON2PNPNP2)cc1. The second-order valence-electron chi connectivity index (χ2n) is 2.48. The summed E-state index contributed by atoms with van der Waals surface area (Å²) in [5.74, 6) is 0.982. The topological polar surface area (TPSA) is 56.8 Å². The van der Waals surface area contributed by atoms with E-state index in [1.54, 1.807) is 24.3 Å². The van der Waals surface area contributed by atoms with Crippen molar-refractivity contribution in [3.8, 4) is 11.5 Å². The van der Waals surface area contributed by atoms with Crippen molar-refractivity contribution in [2.45, 2.75) is 0 Å². The fourth-order valence-electron chi connectivity index (χ4n) is 0.875. The molecule has 5 nitrogen and oxygen atoms in total. The lowest BCUT2D eigenvalue weighted by Gasteiger charge is -2.26. The maximum absolute atomic E-state index is 9.07. The van der Waals surface area contributed by atoms with E-state index in [1.165, 1.54) is 0 Å². The van der Waals surface area contributed by atoms with Gasteiger partial charge >= 0.3 is 0 Å². The molecule has 3 N–H and O–H groups in total. The van der Waals surface area contributed by atoms with Gasteiger partial charge in [-0.05, 0) is 24.3 Å². The van der Waals surface area contributed by atoms with E-state index in [1.807, 2.05) is 4.60 Å². The minimum Gasteiger partial charge on any atom is -0.508 e. The van der Waals surface area contributed by atoms with Crippen molar-refractivity contribution in [2.24, 2.45) is 0 Å². The first kappa shape index (κ1) is 10.5. The smallest absolute Gasteiger partial charge is 0.148 e. The van der Waals surface area contributed by atoms with Crippen LogP contribution >= 0.6 is 26.6 Å². The normalized spacial score (nSPS) is 23.1. The summed E-state index contributed by atoms with van der Waals surface area (Å²) in [6.07, 6.45) is 0. The first-order valence-corrected chi connectivity index (χ1v) is 6.77. The van der Waals surface area contributed by atoms with Crippen molar-refractivity contribution >= 4 is 26.6 Å². The molecule has 8 heteroatoms. The molecule has 1 aliphatic rings. The molecule has 0 spiro atoms. The zero-order valence-corrected chi connectivity index (χ0v) is 10.1. The van der Waals surface area contributed by atoms with Crippen molar-refractivity contribution in [1.82, 2.24) is 14.3 Å². The fourth-order valence-corrected chi connectivity index (χ4v) is 4.48. The Kier molecular flexibility index (Phi) is 3.89. The summed E-state index contributed by atoms with van der Waals surface area (Å²) in [5.41, 5.74) is 0. The molecule has 1 aromatic rings. The van der Waals surface area contributed by atoms with Crippen LogP contribution in [0.25, 0.3) is 0 Å². The molecule has 1 aliphatic heterocycles. The Morgan fingerprint density at radius 3 is 2.43 bits per heavy atom. The molecule has 0 bridgehead atoms. The fraction of sp³-hybridized carbons (Fsp3) is 0. The van der Waals surface area contributed by atoms with Gasteiger partial charge in [0.2, 0.25) is 0 Å². The highest BCUT2D eigenvalue weighted by molar-refractivity contribution is 7.65. The van der Waals surface area contributed by atoms with E-state index in [0.29, 0.717) is 26.6 Å². The third kappa shape index (κ3) is 2.99. The van der Waals surface area contributed by atoms with Crippen LogP contribution in [0.3, 0.4) is 0 Å². The van der Waals surface area contributed by atoms with Crippen LogP contribution in [0.4, 0.5) is 0 Å². The van der Waals surface area contributed by atoms with Gasteiger partial charge in [-0.1, -0.05) is 4.60 Å². The molecule has 0 amide bonds. The molecule has 2 atom stereocenters. The Labute approximate surface area is 87.2 Å².